The van der Waals surface area contributed by atoms with Crippen LogP contribution >= 0.6 is 11.6 Å². The van der Waals surface area contributed by atoms with Crippen LogP contribution in [0.4, 0.5) is 11.4 Å². The van der Waals surface area contributed by atoms with Crippen molar-refractivity contribution in [1.29, 1.82) is 0 Å². The number of amides is 1. The lowest BCUT2D eigenvalue weighted by atomic mass is 10.2. The summed E-state index contributed by atoms with van der Waals surface area (Å²) in [6.45, 7) is 7.78. The van der Waals surface area contributed by atoms with E-state index in [1.165, 1.54) is 6.21 Å². The molecule has 2 aromatic rings. The zero-order chi connectivity index (χ0) is 19.8. The van der Waals surface area contributed by atoms with Gasteiger partial charge < -0.3 is 15.3 Å². The van der Waals surface area contributed by atoms with E-state index in [1.54, 1.807) is 18.2 Å². The number of nitrogens with one attached hydrogen (secondary N) is 2. The van der Waals surface area contributed by atoms with Crippen LogP contribution in [0.2, 0.25) is 5.02 Å². The quantitative estimate of drug-likeness (QED) is 0.475. The van der Waals surface area contributed by atoms with E-state index in [9.17, 15) is 9.90 Å². The van der Waals surface area contributed by atoms with Gasteiger partial charge in [0.25, 0.3) is 5.91 Å². The number of halogens is 1. The lowest BCUT2D eigenvalue weighted by molar-refractivity contribution is -0.119. The fourth-order valence-corrected chi connectivity index (χ4v) is 2.79. The summed E-state index contributed by atoms with van der Waals surface area (Å²) in [6.07, 6.45) is 1.42. The summed E-state index contributed by atoms with van der Waals surface area (Å²) in [5.41, 5.74) is 5.59. The number of benzene rings is 2. The van der Waals surface area contributed by atoms with Gasteiger partial charge in [-0.1, -0.05) is 17.7 Å². The van der Waals surface area contributed by atoms with Gasteiger partial charge in [0.05, 0.1) is 12.8 Å². The minimum absolute atomic E-state index is 0.0609. The van der Waals surface area contributed by atoms with Crippen LogP contribution in [0.3, 0.4) is 0 Å². The Balaban J connectivity index is 1.91. The molecule has 2 rings (SSSR count). The number of nitrogens with zero attached hydrogens (tertiary/aromatic N) is 2. The van der Waals surface area contributed by atoms with Crippen LogP contribution in [0.1, 0.15) is 25.0 Å². The summed E-state index contributed by atoms with van der Waals surface area (Å²) in [4.78, 5) is 14.1. The number of aromatic hydroxyl groups is 1. The molecule has 0 atom stereocenters. The van der Waals surface area contributed by atoms with Gasteiger partial charge in [0, 0.05) is 41.1 Å². The molecule has 0 aromatic heterocycles. The molecule has 0 saturated carbocycles. The number of phenols is 1. The van der Waals surface area contributed by atoms with Crippen molar-refractivity contribution in [3.05, 3.63) is 52.5 Å². The van der Waals surface area contributed by atoms with Gasteiger partial charge >= 0.3 is 0 Å². The maximum absolute atomic E-state index is 11.9. The van der Waals surface area contributed by atoms with Gasteiger partial charge in [-0.3, -0.25) is 4.79 Å². The normalized spacial score (nSPS) is 10.8. The highest BCUT2D eigenvalue weighted by Gasteiger charge is 2.06. The van der Waals surface area contributed by atoms with E-state index in [1.807, 2.05) is 25.1 Å². The first-order valence-corrected chi connectivity index (χ1v) is 9.22. The van der Waals surface area contributed by atoms with E-state index in [-0.39, 0.29) is 18.2 Å². The molecule has 0 aliphatic carbocycles. The number of hydrogen-bond acceptors (Lipinski definition) is 5. The number of hydrogen-bond donors (Lipinski definition) is 3. The first-order valence-electron chi connectivity index (χ1n) is 8.85. The van der Waals surface area contributed by atoms with E-state index in [4.69, 9.17) is 11.6 Å². The Kier molecular flexibility index (Phi) is 7.49. The molecular weight excluding hydrogens is 364 g/mol. The molecule has 7 heteroatoms. The fourth-order valence-electron chi connectivity index (χ4n) is 2.61. The average Bonchev–Trinajstić information content (AvgIpc) is 2.65. The zero-order valence-electron chi connectivity index (χ0n) is 15.8. The maximum atomic E-state index is 11.9. The van der Waals surface area contributed by atoms with Crippen molar-refractivity contribution in [3.8, 4) is 5.75 Å². The number of hydrazone groups is 1. The largest absolute Gasteiger partial charge is 0.507 e. The molecule has 0 bridgehead atoms. The average molecular weight is 389 g/mol. The van der Waals surface area contributed by atoms with Crippen molar-refractivity contribution < 1.29 is 9.90 Å². The van der Waals surface area contributed by atoms with Crippen molar-refractivity contribution in [2.45, 2.75) is 20.8 Å². The van der Waals surface area contributed by atoms with Crippen LogP contribution in [-0.4, -0.2) is 36.9 Å². The topological polar surface area (TPSA) is 77.0 Å². The third-order valence-electron chi connectivity index (χ3n) is 4.24. The number of phenolic OH excluding ortho intramolecular Hbond substituents is 1. The van der Waals surface area contributed by atoms with Crippen LogP contribution in [0.25, 0.3) is 0 Å². The molecule has 0 spiro atoms. The molecule has 27 heavy (non-hydrogen) atoms. The number of carbonyl (C=O) groups excluding carboxylic acids is 1. The molecule has 0 aliphatic heterocycles. The van der Waals surface area contributed by atoms with Gasteiger partial charge in [-0.05, 0) is 50.6 Å². The third-order valence-corrected chi connectivity index (χ3v) is 4.65. The van der Waals surface area contributed by atoms with Gasteiger partial charge in [-0.25, -0.2) is 5.43 Å². The number of anilines is 2. The summed E-state index contributed by atoms with van der Waals surface area (Å²) in [7, 11) is 0. The molecule has 0 aliphatic rings. The smallest absolute Gasteiger partial charge is 0.259 e. The van der Waals surface area contributed by atoms with Crippen molar-refractivity contribution >= 4 is 35.1 Å². The standard InChI is InChI=1S/C20H25ClN4O2/c1-4-25(5-2)16-10-9-15(19(26)11-16)12-23-24-20(27)13-22-18-8-6-7-17(21)14(18)3/h6-12,22,26H,4-5,13H2,1-3H3,(H,24,27)/b23-12+. The van der Waals surface area contributed by atoms with Gasteiger partial charge in [0.1, 0.15) is 5.75 Å². The SMILES string of the molecule is CCN(CC)c1ccc(/C=N/NC(=O)CNc2cccc(Cl)c2C)c(O)c1. The second-order valence-corrected chi connectivity index (χ2v) is 6.38. The minimum Gasteiger partial charge on any atom is -0.507 e. The van der Waals surface area contributed by atoms with E-state index in [2.05, 4.69) is 34.6 Å². The molecule has 3 N–H and O–H groups in total. The third kappa shape index (κ3) is 5.62. The molecule has 0 fully saturated rings. The molecular formula is C20H25ClN4O2. The summed E-state index contributed by atoms with van der Waals surface area (Å²) in [6, 6.07) is 10.8. The van der Waals surface area contributed by atoms with Crippen molar-refractivity contribution in [2.24, 2.45) is 5.10 Å². The molecule has 144 valence electrons. The van der Waals surface area contributed by atoms with Gasteiger partial charge in [0.2, 0.25) is 0 Å². The zero-order valence-corrected chi connectivity index (χ0v) is 16.5. The van der Waals surface area contributed by atoms with Crippen LogP contribution in [0, 0.1) is 6.92 Å². The molecule has 6 nitrogen and oxygen atoms in total. The Morgan fingerprint density at radius 3 is 2.67 bits per heavy atom. The summed E-state index contributed by atoms with van der Waals surface area (Å²) in [5.74, 6) is -0.185. The first kappa shape index (κ1) is 20.6. The van der Waals surface area contributed by atoms with E-state index in [0.29, 0.717) is 10.6 Å². The minimum atomic E-state index is -0.301. The highest BCUT2D eigenvalue weighted by Crippen LogP contribution is 2.24. The first-order chi connectivity index (χ1) is 13.0. The summed E-state index contributed by atoms with van der Waals surface area (Å²) < 4.78 is 0. The predicted molar refractivity (Wildman–Crippen MR) is 112 cm³/mol. The van der Waals surface area contributed by atoms with Crippen molar-refractivity contribution in [3.63, 3.8) is 0 Å². The van der Waals surface area contributed by atoms with Gasteiger partial charge in [0.15, 0.2) is 0 Å². The Morgan fingerprint density at radius 1 is 1.26 bits per heavy atom. The van der Waals surface area contributed by atoms with Crippen molar-refractivity contribution in [1.82, 2.24) is 5.43 Å². The molecule has 0 heterocycles. The summed E-state index contributed by atoms with van der Waals surface area (Å²) in [5, 5.41) is 17.7. The van der Waals surface area contributed by atoms with Crippen LogP contribution in [-0.2, 0) is 4.79 Å². The Labute approximate surface area is 164 Å². The van der Waals surface area contributed by atoms with Crippen LogP contribution in [0.5, 0.6) is 5.75 Å². The predicted octanol–water partition coefficient (Wildman–Crippen LogP) is 3.76. The molecule has 1 amide bonds. The van der Waals surface area contributed by atoms with Crippen molar-refractivity contribution in [2.75, 3.05) is 29.9 Å². The molecule has 0 radical (unpaired) electrons. The highest BCUT2D eigenvalue weighted by atomic mass is 35.5. The van der Waals surface area contributed by atoms with E-state index in [0.717, 1.165) is 30.0 Å². The van der Waals surface area contributed by atoms with Crippen LogP contribution in [0.15, 0.2) is 41.5 Å². The lowest BCUT2D eigenvalue weighted by Gasteiger charge is -2.21. The monoisotopic (exact) mass is 388 g/mol. The fraction of sp³-hybridized carbons (Fsp3) is 0.300. The molecule has 0 saturated heterocycles. The highest BCUT2D eigenvalue weighted by molar-refractivity contribution is 6.31. The lowest BCUT2D eigenvalue weighted by Crippen LogP contribution is -2.26. The van der Waals surface area contributed by atoms with Gasteiger partial charge in [-0.15, -0.1) is 0 Å². The number of rotatable bonds is 8. The van der Waals surface area contributed by atoms with Crippen LogP contribution < -0.4 is 15.6 Å². The second kappa shape index (κ2) is 9.83. The Bertz CT molecular complexity index is 820. The van der Waals surface area contributed by atoms with E-state index >= 15 is 0 Å². The molecule has 0 unspecified atom stereocenters. The maximum Gasteiger partial charge on any atom is 0.259 e. The Hall–Kier alpha value is -2.73. The second-order valence-electron chi connectivity index (χ2n) is 5.97. The van der Waals surface area contributed by atoms with Gasteiger partial charge in [-0.2, -0.15) is 5.10 Å². The Morgan fingerprint density at radius 2 is 2.00 bits per heavy atom. The number of carbonyl (C=O) groups is 1. The molecule has 2 aromatic carbocycles. The summed E-state index contributed by atoms with van der Waals surface area (Å²) >= 11 is 6.05. The van der Waals surface area contributed by atoms with E-state index < -0.39 is 0 Å².